The van der Waals surface area contributed by atoms with E-state index in [-0.39, 0.29) is 0 Å². The van der Waals surface area contributed by atoms with Gasteiger partial charge in [-0.3, -0.25) is 0 Å². The van der Waals surface area contributed by atoms with Crippen LogP contribution in [0.4, 0.5) is 0 Å². The minimum Gasteiger partial charge on any atom is -0.205 e. The highest BCUT2D eigenvalue weighted by atomic mass is 14.9. The molecule has 0 aliphatic heterocycles. The number of pyridine rings is 1. The summed E-state index contributed by atoms with van der Waals surface area (Å²) in [4.78, 5) is 0. The van der Waals surface area contributed by atoms with Crippen molar-refractivity contribution in [3.63, 3.8) is 0 Å². The largest absolute Gasteiger partial charge is 0.205 e. The molecule has 1 aromatic rings. The van der Waals surface area contributed by atoms with Gasteiger partial charge in [-0.2, -0.15) is 0 Å². The number of hydrogen-bond donors (Lipinski definition) is 0. The average molecular weight is 641 g/mol. The summed E-state index contributed by atoms with van der Waals surface area (Å²) < 4.78 is 2.54. The van der Waals surface area contributed by atoms with E-state index in [1.807, 2.05) is 0 Å². The Bertz CT molecular complexity index is 724. The minimum absolute atomic E-state index is 1.21. The van der Waals surface area contributed by atoms with Crippen LogP contribution in [-0.4, -0.2) is 0 Å². The summed E-state index contributed by atoms with van der Waals surface area (Å²) in [5.74, 6) is 0. The molecule has 0 unspecified atom stereocenters. The van der Waals surface area contributed by atoms with Crippen molar-refractivity contribution in [3.8, 4) is 0 Å². The molecule has 0 aromatic carbocycles. The summed E-state index contributed by atoms with van der Waals surface area (Å²) in [6.07, 6.45) is 56.3. The highest BCUT2D eigenvalue weighted by Crippen LogP contribution is 2.18. The summed E-state index contributed by atoms with van der Waals surface area (Å²) in [5.41, 5.74) is 3.33. The first-order valence-electron chi connectivity index (χ1n) is 21.8. The van der Waals surface area contributed by atoms with Gasteiger partial charge in [0, 0.05) is 18.1 Å². The number of aromatic nitrogens is 1. The zero-order chi connectivity index (χ0) is 33.0. The molecule has 1 aromatic heterocycles. The fraction of sp³-hybridized carbons (Fsp3) is 0.889. The SMILES string of the molecule is CCCCCCCCCCCCCCCC[n+]1ccc(CCCCCCCCCCCC)c(CCCCCCCCCCCC)c1. The van der Waals surface area contributed by atoms with Gasteiger partial charge in [-0.05, 0) is 37.7 Å². The summed E-state index contributed by atoms with van der Waals surface area (Å²) in [6.45, 7) is 8.15. The van der Waals surface area contributed by atoms with Crippen molar-refractivity contribution in [3.05, 3.63) is 29.6 Å². The Morgan fingerprint density at radius 2 is 0.609 bits per heavy atom. The third kappa shape index (κ3) is 28.2. The molecule has 1 heteroatoms. The number of nitrogens with zero attached hydrogens (tertiary/aromatic N) is 1. The van der Waals surface area contributed by atoms with Crippen LogP contribution in [0.1, 0.15) is 250 Å². The summed E-state index contributed by atoms with van der Waals surface area (Å²) in [5, 5.41) is 0. The molecule has 0 aliphatic carbocycles. The van der Waals surface area contributed by atoms with Gasteiger partial charge in [0.15, 0.2) is 12.4 Å². The third-order valence-corrected chi connectivity index (χ3v) is 10.6. The van der Waals surface area contributed by atoms with E-state index in [9.17, 15) is 0 Å². The smallest absolute Gasteiger partial charge is 0.172 e. The molecule has 0 saturated carbocycles. The molecule has 0 radical (unpaired) electrons. The van der Waals surface area contributed by atoms with Gasteiger partial charge >= 0.3 is 0 Å². The Kier molecular flexibility index (Phi) is 33.3. The van der Waals surface area contributed by atoms with Crippen molar-refractivity contribution in [2.45, 2.75) is 258 Å². The van der Waals surface area contributed by atoms with E-state index < -0.39 is 0 Å². The zero-order valence-corrected chi connectivity index (χ0v) is 32.3. The number of hydrogen-bond acceptors (Lipinski definition) is 0. The predicted octanol–water partition coefficient (Wildman–Crippen LogP) is 15.4. The maximum atomic E-state index is 2.56. The lowest BCUT2D eigenvalue weighted by molar-refractivity contribution is -0.697. The normalized spacial score (nSPS) is 11.5. The van der Waals surface area contributed by atoms with Gasteiger partial charge in [0.25, 0.3) is 0 Å². The van der Waals surface area contributed by atoms with E-state index in [0.717, 1.165) is 0 Å². The molecule has 46 heavy (non-hydrogen) atoms. The molecule has 0 fully saturated rings. The van der Waals surface area contributed by atoms with Gasteiger partial charge in [0.05, 0.1) is 0 Å². The second kappa shape index (κ2) is 35.5. The summed E-state index contributed by atoms with van der Waals surface area (Å²) in [7, 11) is 0. The Labute approximate surface area is 291 Å². The maximum absolute atomic E-state index is 2.56. The molecule has 1 heterocycles. The molecule has 0 aliphatic rings. The van der Waals surface area contributed by atoms with Crippen molar-refractivity contribution in [1.82, 2.24) is 0 Å². The van der Waals surface area contributed by atoms with Crippen molar-refractivity contribution < 1.29 is 4.57 Å². The molecular formula is C45H86N+. The Balaban J connectivity index is 2.30. The van der Waals surface area contributed by atoms with Gasteiger partial charge in [0.1, 0.15) is 6.54 Å². The summed E-state index contributed by atoms with van der Waals surface area (Å²) in [6, 6.07) is 2.50. The fourth-order valence-corrected chi connectivity index (χ4v) is 7.32. The minimum atomic E-state index is 1.21. The highest BCUT2D eigenvalue weighted by molar-refractivity contribution is 5.21. The van der Waals surface area contributed by atoms with Crippen molar-refractivity contribution in [2.24, 2.45) is 0 Å². The van der Waals surface area contributed by atoms with Crippen LogP contribution in [0.3, 0.4) is 0 Å². The fourth-order valence-electron chi connectivity index (χ4n) is 7.32. The number of aryl methyl sites for hydroxylation is 3. The molecular weight excluding hydrogens is 555 g/mol. The van der Waals surface area contributed by atoms with Crippen LogP contribution >= 0.6 is 0 Å². The molecule has 1 nitrogen and oxygen atoms in total. The van der Waals surface area contributed by atoms with Gasteiger partial charge in [0.2, 0.25) is 0 Å². The average Bonchev–Trinajstić information content (AvgIpc) is 3.07. The van der Waals surface area contributed by atoms with Gasteiger partial charge < -0.3 is 0 Å². The molecule has 0 N–H and O–H groups in total. The number of unbranched alkanes of at least 4 members (excludes halogenated alkanes) is 31. The molecule has 0 atom stereocenters. The van der Waals surface area contributed by atoms with Crippen molar-refractivity contribution in [1.29, 1.82) is 0 Å². The van der Waals surface area contributed by atoms with Gasteiger partial charge in [-0.15, -0.1) is 0 Å². The predicted molar refractivity (Wildman–Crippen MR) is 208 cm³/mol. The Hall–Kier alpha value is -0.850. The number of rotatable bonds is 37. The second-order valence-electron chi connectivity index (χ2n) is 15.2. The molecule has 0 amide bonds. The van der Waals surface area contributed by atoms with Crippen LogP contribution in [0.5, 0.6) is 0 Å². The lowest BCUT2D eigenvalue weighted by Crippen LogP contribution is -2.34. The first-order chi connectivity index (χ1) is 22.8. The molecule has 0 bridgehead atoms. The van der Waals surface area contributed by atoms with Crippen molar-refractivity contribution in [2.75, 3.05) is 0 Å². The van der Waals surface area contributed by atoms with Crippen molar-refractivity contribution >= 4 is 0 Å². The highest BCUT2D eigenvalue weighted by Gasteiger charge is 2.10. The maximum Gasteiger partial charge on any atom is 0.172 e. The molecule has 1 rings (SSSR count). The topological polar surface area (TPSA) is 3.88 Å². The Morgan fingerprint density at radius 1 is 0.326 bits per heavy atom. The van der Waals surface area contributed by atoms with Crippen LogP contribution in [0.2, 0.25) is 0 Å². The van der Waals surface area contributed by atoms with E-state index in [4.69, 9.17) is 0 Å². The van der Waals surface area contributed by atoms with E-state index in [0.29, 0.717) is 0 Å². The molecule has 0 spiro atoms. The lowest BCUT2D eigenvalue weighted by atomic mass is 9.97. The zero-order valence-electron chi connectivity index (χ0n) is 32.3. The van der Waals surface area contributed by atoms with Crippen LogP contribution in [0.25, 0.3) is 0 Å². The second-order valence-corrected chi connectivity index (χ2v) is 15.2. The monoisotopic (exact) mass is 641 g/mol. The third-order valence-electron chi connectivity index (χ3n) is 10.6. The van der Waals surface area contributed by atoms with Crippen LogP contribution in [0.15, 0.2) is 18.5 Å². The Morgan fingerprint density at radius 3 is 0.957 bits per heavy atom. The van der Waals surface area contributed by atoms with Gasteiger partial charge in [-0.25, -0.2) is 4.57 Å². The van der Waals surface area contributed by atoms with E-state index in [1.165, 1.54) is 238 Å². The first-order valence-corrected chi connectivity index (χ1v) is 21.8. The van der Waals surface area contributed by atoms with Crippen LogP contribution in [0, 0.1) is 0 Å². The van der Waals surface area contributed by atoms with Crippen LogP contribution < -0.4 is 4.57 Å². The van der Waals surface area contributed by atoms with Crippen LogP contribution in [-0.2, 0) is 19.4 Å². The quantitative estimate of drug-likeness (QED) is 0.0503. The van der Waals surface area contributed by atoms with E-state index in [1.54, 1.807) is 11.1 Å². The lowest BCUT2D eigenvalue weighted by Gasteiger charge is -2.10. The van der Waals surface area contributed by atoms with E-state index >= 15 is 0 Å². The standard InChI is InChI=1S/C45H86N/c1-4-7-10-13-16-19-22-23-24-25-28-31-34-37-41-46-42-40-44(38-35-32-29-26-20-17-14-11-8-5-2)45(43-46)39-36-33-30-27-21-18-15-12-9-6-3/h40,42-43H,4-39,41H2,1-3H3/q+1. The first kappa shape index (κ1) is 43.2. The van der Waals surface area contributed by atoms with Gasteiger partial charge in [-0.1, -0.05) is 213 Å². The molecule has 0 saturated heterocycles. The van der Waals surface area contributed by atoms with E-state index in [2.05, 4.69) is 43.8 Å². The molecule has 270 valence electrons. The summed E-state index contributed by atoms with van der Waals surface area (Å²) >= 11 is 0.